The first-order chi connectivity index (χ1) is 11.6. The Hall–Kier alpha value is -2.72. The van der Waals surface area contributed by atoms with Crippen molar-refractivity contribution in [3.05, 3.63) is 76.9 Å². The predicted octanol–water partition coefficient (Wildman–Crippen LogP) is 2.57. The van der Waals surface area contributed by atoms with Gasteiger partial charge in [0.25, 0.3) is 0 Å². The summed E-state index contributed by atoms with van der Waals surface area (Å²) in [7, 11) is 1.97. The van der Waals surface area contributed by atoms with E-state index in [4.69, 9.17) is 0 Å². The maximum atomic E-state index is 12.6. The topological polar surface area (TPSA) is 40.6 Å². The number of benzene rings is 2. The van der Waals surface area contributed by atoms with Gasteiger partial charge in [-0.2, -0.15) is 0 Å². The number of Topliss-reactive ketones (excluding diaryl/α,β-unsaturated/α-hetero) is 2. The molecule has 0 amide bonds. The fourth-order valence-electron chi connectivity index (χ4n) is 3.54. The average molecular weight is 318 g/mol. The molecule has 0 saturated heterocycles. The minimum Gasteiger partial charge on any atom is -0.353 e. The van der Waals surface area contributed by atoms with Crippen LogP contribution in [-0.2, 0) is 11.3 Å². The third kappa shape index (κ3) is 2.36. The van der Waals surface area contributed by atoms with Gasteiger partial charge >= 0.3 is 0 Å². The highest BCUT2D eigenvalue weighted by Gasteiger charge is 2.37. The van der Waals surface area contributed by atoms with E-state index in [9.17, 15) is 9.59 Å². The fraction of sp³-hybridized carbons (Fsp3) is 0.200. The first kappa shape index (κ1) is 14.8. The van der Waals surface area contributed by atoms with Crippen molar-refractivity contribution in [2.45, 2.75) is 6.54 Å². The normalized spacial score (nSPS) is 17.8. The first-order valence-electron chi connectivity index (χ1n) is 8.04. The monoisotopic (exact) mass is 318 g/mol. The summed E-state index contributed by atoms with van der Waals surface area (Å²) in [5.74, 6) is -0.757. The highest BCUT2D eigenvalue weighted by Crippen LogP contribution is 2.35. The number of ketones is 2. The molecular weight excluding hydrogens is 300 g/mol. The fourth-order valence-corrected chi connectivity index (χ4v) is 3.54. The number of carbonyl (C=O) groups excluding carboxylic acids is 2. The van der Waals surface area contributed by atoms with Crippen LogP contribution in [0, 0.1) is 0 Å². The molecule has 4 nitrogen and oxygen atoms in total. The summed E-state index contributed by atoms with van der Waals surface area (Å²) in [6.45, 7) is 1.95. The maximum absolute atomic E-state index is 12.6. The summed E-state index contributed by atoms with van der Waals surface area (Å²) in [4.78, 5) is 29.3. The number of nitrogens with zero attached hydrogens (tertiary/aromatic N) is 2. The van der Waals surface area contributed by atoms with Crippen LogP contribution in [0.2, 0.25) is 0 Å². The van der Waals surface area contributed by atoms with Gasteiger partial charge in [0.2, 0.25) is 11.6 Å². The molecule has 2 aromatic rings. The van der Waals surface area contributed by atoms with Crippen LogP contribution in [0.25, 0.3) is 5.70 Å². The lowest BCUT2D eigenvalue weighted by molar-refractivity contribution is -0.112. The molecule has 4 rings (SSSR count). The van der Waals surface area contributed by atoms with Crippen molar-refractivity contribution in [1.29, 1.82) is 0 Å². The van der Waals surface area contributed by atoms with Crippen molar-refractivity contribution in [2.24, 2.45) is 0 Å². The van der Waals surface area contributed by atoms with Crippen LogP contribution >= 0.6 is 0 Å². The molecule has 4 heteroatoms. The molecule has 0 radical (unpaired) electrons. The molecule has 120 valence electrons. The predicted molar refractivity (Wildman–Crippen MR) is 92.2 cm³/mol. The van der Waals surface area contributed by atoms with Gasteiger partial charge in [-0.25, -0.2) is 0 Å². The van der Waals surface area contributed by atoms with E-state index in [0.29, 0.717) is 24.2 Å². The van der Waals surface area contributed by atoms with Gasteiger partial charge in [-0.1, -0.05) is 54.6 Å². The Kier molecular flexibility index (Phi) is 3.54. The Morgan fingerprint density at radius 1 is 0.875 bits per heavy atom. The standard InChI is InChI=1S/C20H18N2O2/c1-21-12-17-18(22(13-21)11-14-7-3-2-4-8-14)15-9-5-6-10-16(15)19(23)20(17)24/h2-10H,11-13H2,1H3. The summed E-state index contributed by atoms with van der Waals surface area (Å²) in [6.07, 6.45) is 0. The zero-order chi connectivity index (χ0) is 16.7. The smallest absolute Gasteiger partial charge is 0.233 e. The average Bonchev–Trinajstić information content (AvgIpc) is 2.60. The van der Waals surface area contributed by atoms with Gasteiger partial charge in [0.05, 0.1) is 12.4 Å². The Bertz CT molecular complexity index is 855. The van der Waals surface area contributed by atoms with Gasteiger partial charge < -0.3 is 4.90 Å². The second-order valence-electron chi connectivity index (χ2n) is 6.37. The molecule has 2 aliphatic rings. The van der Waals surface area contributed by atoms with Gasteiger partial charge in [0.1, 0.15) is 0 Å². The molecule has 1 aliphatic heterocycles. The Morgan fingerprint density at radius 3 is 2.29 bits per heavy atom. The number of carbonyl (C=O) groups is 2. The van der Waals surface area contributed by atoms with E-state index in [2.05, 4.69) is 21.9 Å². The number of likely N-dealkylation sites (N-methyl/N-ethyl adjacent to an activating group) is 1. The number of fused-ring (bicyclic) bond motifs is 2. The van der Waals surface area contributed by atoms with Crippen LogP contribution in [0.5, 0.6) is 0 Å². The van der Waals surface area contributed by atoms with Crippen LogP contribution < -0.4 is 0 Å². The van der Waals surface area contributed by atoms with Gasteiger partial charge in [-0.05, 0) is 12.6 Å². The molecule has 0 bridgehead atoms. The third-order valence-corrected chi connectivity index (χ3v) is 4.57. The maximum Gasteiger partial charge on any atom is 0.233 e. The molecule has 1 heterocycles. The quantitative estimate of drug-likeness (QED) is 0.798. The molecular formula is C20H18N2O2. The number of hydrogen-bond donors (Lipinski definition) is 0. The molecule has 0 atom stereocenters. The lowest BCUT2D eigenvalue weighted by Crippen LogP contribution is -2.45. The molecule has 0 unspecified atom stereocenters. The number of hydrogen-bond acceptors (Lipinski definition) is 4. The van der Waals surface area contributed by atoms with Crippen LogP contribution in [-0.4, -0.2) is 41.6 Å². The molecule has 24 heavy (non-hydrogen) atoms. The SMILES string of the molecule is CN1CC2=C(c3ccccc3C(=O)C2=O)N(Cc2ccccc2)C1. The second kappa shape index (κ2) is 5.73. The molecule has 0 aromatic heterocycles. The van der Waals surface area contributed by atoms with Crippen LogP contribution in [0.15, 0.2) is 60.2 Å². The Morgan fingerprint density at radius 2 is 1.54 bits per heavy atom. The van der Waals surface area contributed by atoms with Crippen molar-refractivity contribution >= 4 is 17.3 Å². The lowest BCUT2D eigenvalue weighted by Gasteiger charge is -2.40. The van der Waals surface area contributed by atoms with Crippen LogP contribution in [0.1, 0.15) is 21.5 Å². The van der Waals surface area contributed by atoms with E-state index in [0.717, 1.165) is 17.9 Å². The first-order valence-corrected chi connectivity index (χ1v) is 8.04. The summed E-state index contributed by atoms with van der Waals surface area (Å²) < 4.78 is 0. The number of rotatable bonds is 2. The minimum absolute atomic E-state index is 0.367. The van der Waals surface area contributed by atoms with Crippen molar-refractivity contribution in [3.8, 4) is 0 Å². The van der Waals surface area contributed by atoms with E-state index >= 15 is 0 Å². The van der Waals surface area contributed by atoms with E-state index in [1.165, 1.54) is 5.56 Å². The van der Waals surface area contributed by atoms with Gasteiger partial charge in [-0.3, -0.25) is 14.5 Å². The summed E-state index contributed by atoms with van der Waals surface area (Å²) in [6, 6.07) is 17.6. The zero-order valence-electron chi connectivity index (χ0n) is 13.5. The van der Waals surface area contributed by atoms with E-state index in [1.807, 2.05) is 43.4 Å². The van der Waals surface area contributed by atoms with Crippen molar-refractivity contribution in [2.75, 3.05) is 20.3 Å². The zero-order valence-corrected chi connectivity index (χ0v) is 13.5. The van der Waals surface area contributed by atoms with E-state index < -0.39 is 0 Å². The lowest BCUT2D eigenvalue weighted by atomic mass is 9.85. The summed E-state index contributed by atoms with van der Waals surface area (Å²) in [5.41, 5.74) is 4.10. The van der Waals surface area contributed by atoms with Gasteiger partial charge in [0, 0.05) is 29.8 Å². The Labute approximate surface area is 141 Å². The van der Waals surface area contributed by atoms with Crippen LogP contribution in [0.4, 0.5) is 0 Å². The highest BCUT2D eigenvalue weighted by atomic mass is 16.2. The molecule has 0 spiro atoms. The summed E-state index contributed by atoms with van der Waals surface area (Å²) in [5, 5.41) is 0. The van der Waals surface area contributed by atoms with Crippen molar-refractivity contribution in [3.63, 3.8) is 0 Å². The van der Waals surface area contributed by atoms with Crippen LogP contribution in [0.3, 0.4) is 0 Å². The molecule has 2 aromatic carbocycles. The van der Waals surface area contributed by atoms with E-state index in [1.54, 1.807) is 6.07 Å². The molecule has 0 N–H and O–H groups in total. The van der Waals surface area contributed by atoms with Gasteiger partial charge in [0.15, 0.2) is 0 Å². The summed E-state index contributed by atoms with van der Waals surface area (Å²) >= 11 is 0. The third-order valence-electron chi connectivity index (χ3n) is 4.57. The minimum atomic E-state index is -0.390. The van der Waals surface area contributed by atoms with Crippen molar-refractivity contribution < 1.29 is 9.59 Å². The van der Waals surface area contributed by atoms with E-state index in [-0.39, 0.29) is 11.6 Å². The second-order valence-corrected chi connectivity index (χ2v) is 6.37. The Balaban J connectivity index is 1.84. The largest absolute Gasteiger partial charge is 0.353 e. The molecule has 1 aliphatic carbocycles. The molecule has 0 fully saturated rings. The highest BCUT2D eigenvalue weighted by molar-refractivity contribution is 6.52. The molecule has 0 saturated carbocycles. The van der Waals surface area contributed by atoms with Gasteiger partial charge in [-0.15, -0.1) is 0 Å². The van der Waals surface area contributed by atoms with Crippen molar-refractivity contribution in [1.82, 2.24) is 9.80 Å².